The summed E-state index contributed by atoms with van der Waals surface area (Å²) in [6.45, 7) is 0. The smallest absolute Gasteiger partial charge is 0.232 e. The second kappa shape index (κ2) is 5.33. The third-order valence-corrected chi connectivity index (χ3v) is 4.30. The fraction of sp³-hybridized carbons (Fsp3) is 0.143. The van der Waals surface area contributed by atoms with Crippen molar-refractivity contribution in [3.8, 4) is 11.1 Å². The maximum absolute atomic E-state index is 13.7. The molecule has 0 unspecified atom stereocenters. The molecule has 0 radical (unpaired) electrons. The van der Waals surface area contributed by atoms with E-state index in [0.717, 1.165) is 22.7 Å². The molecular formula is C14H14F2N2O2S. The summed E-state index contributed by atoms with van der Waals surface area (Å²) in [7, 11) is -2.07. The fourth-order valence-corrected chi connectivity index (χ4v) is 2.43. The van der Waals surface area contributed by atoms with E-state index in [1.165, 1.54) is 31.3 Å². The van der Waals surface area contributed by atoms with Crippen molar-refractivity contribution in [2.75, 3.05) is 23.3 Å². The first-order chi connectivity index (χ1) is 9.70. The van der Waals surface area contributed by atoms with Gasteiger partial charge in [0.2, 0.25) is 10.0 Å². The molecule has 7 heteroatoms. The van der Waals surface area contributed by atoms with Crippen LogP contribution in [-0.4, -0.2) is 21.7 Å². The molecule has 0 heterocycles. The molecule has 0 saturated heterocycles. The molecule has 21 heavy (non-hydrogen) atoms. The van der Waals surface area contributed by atoms with Crippen molar-refractivity contribution in [3.63, 3.8) is 0 Å². The Morgan fingerprint density at radius 3 is 2.29 bits per heavy atom. The van der Waals surface area contributed by atoms with Crippen LogP contribution < -0.4 is 10.0 Å². The van der Waals surface area contributed by atoms with E-state index < -0.39 is 21.7 Å². The number of halogens is 2. The van der Waals surface area contributed by atoms with E-state index in [4.69, 9.17) is 5.73 Å². The molecule has 0 amide bonds. The van der Waals surface area contributed by atoms with Crippen LogP contribution in [0, 0.1) is 11.6 Å². The van der Waals surface area contributed by atoms with Crippen molar-refractivity contribution < 1.29 is 17.2 Å². The van der Waals surface area contributed by atoms with Crippen LogP contribution in [0.4, 0.5) is 20.2 Å². The highest BCUT2D eigenvalue weighted by Gasteiger charge is 2.16. The second-order valence-corrected chi connectivity index (χ2v) is 6.64. The predicted molar refractivity (Wildman–Crippen MR) is 79.5 cm³/mol. The average Bonchev–Trinajstić information content (AvgIpc) is 2.36. The van der Waals surface area contributed by atoms with E-state index in [9.17, 15) is 17.2 Å². The molecule has 0 aliphatic heterocycles. The van der Waals surface area contributed by atoms with E-state index in [-0.39, 0.29) is 11.3 Å². The summed E-state index contributed by atoms with van der Waals surface area (Å²) in [6.07, 6.45) is 1.06. The quantitative estimate of drug-likeness (QED) is 0.886. The van der Waals surface area contributed by atoms with Gasteiger partial charge in [-0.2, -0.15) is 0 Å². The van der Waals surface area contributed by atoms with Gasteiger partial charge in [0.05, 0.1) is 17.6 Å². The SMILES string of the molecule is CN(c1ccc(-c2ccc(F)cc2F)cc1N)S(C)(=O)=O. The fourth-order valence-electron chi connectivity index (χ4n) is 1.91. The molecule has 2 aromatic rings. The maximum Gasteiger partial charge on any atom is 0.232 e. The van der Waals surface area contributed by atoms with Gasteiger partial charge in [-0.25, -0.2) is 17.2 Å². The van der Waals surface area contributed by atoms with Crippen LogP contribution in [0.5, 0.6) is 0 Å². The summed E-state index contributed by atoms with van der Waals surface area (Å²) < 4.78 is 50.7. The molecule has 4 nitrogen and oxygen atoms in total. The first-order valence-corrected chi connectivity index (χ1v) is 7.84. The summed E-state index contributed by atoms with van der Waals surface area (Å²) >= 11 is 0. The molecule has 0 aliphatic rings. The van der Waals surface area contributed by atoms with Crippen LogP contribution in [0.1, 0.15) is 0 Å². The molecule has 0 aromatic heterocycles. The predicted octanol–water partition coefficient (Wildman–Crippen LogP) is 2.61. The Bertz CT molecular complexity index is 792. The van der Waals surface area contributed by atoms with Crippen LogP contribution in [0.15, 0.2) is 36.4 Å². The number of hydrogen-bond donors (Lipinski definition) is 1. The van der Waals surface area contributed by atoms with Gasteiger partial charge < -0.3 is 5.73 Å². The lowest BCUT2D eigenvalue weighted by Gasteiger charge is -2.19. The standard InChI is InChI=1S/C14H14F2N2O2S/c1-18(21(2,19)20)14-6-3-9(7-13(14)17)11-5-4-10(15)8-12(11)16/h3-8H,17H2,1-2H3. The zero-order valence-electron chi connectivity index (χ0n) is 11.5. The Kier molecular flexibility index (Phi) is 3.87. The lowest BCUT2D eigenvalue weighted by Crippen LogP contribution is -2.25. The van der Waals surface area contributed by atoms with Crippen molar-refractivity contribution in [2.24, 2.45) is 0 Å². The minimum Gasteiger partial charge on any atom is -0.397 e. The summed E-state index contributed by atoms with van der Waals surface area (Å²) in [6, 6.07) is 7.69. The van der Waals surface area contributed by atoms with Crippen LogP contribution in [0.25, 0.3) is 11.1 Å². The van der Waals surface area contributed by atoms with Crippen LogP contribution in [0.2, 0.25) is 0 Å². The zero-order chi connectivity index (χ0) is 15.8. The van der Waals surface area contributed by atoms with Crippen molar-refractivity contribution >= 4 is 21.4 Å². The van der Waals surface area contributed by atoms with E-state index in [1.807, 2.05) is 0 Å². The van der Waals surface area contributed by atoms with E-state index in [0.29, 0.717) is 11.3 Å². The van der Waals surface area contributed by atoms with Crippen molar-refractivity contribution in [3.05, 3.63) is 48.0 Å². The number of nitrogens with zero attached hydrogens (tertiary/aromatic N) is 1. The molecule has 112 valence electrons. The Hall–Kier alpha value is -2.15. The Morgan fingerprint density at radius 2 is 1.76 bits per heavy atom. The highest BCUT2D eigenvalue weighted by Crippen LogP contribution is 2.31. The van der Waals surface area contributed by atoms with Crippen LogP contribution >= 0.6 is 0 Å². The molecule has 0 atom stereocenters. The molecule has 0 bridgehead atoms. The van der Waals surface area contributed by atoms with Gasteiger partial charge >= 0.3 is 0 Å². The average molecular weight is 312 g/mol. The minimum absolute atomic E-state index is 0.184. The molecule has 2 rings (SSSR count). The van der Waals surface area contributed by atoms with Crippen molar-refractivity contribution in [1.29, 1.82) is 0 Å². The molecule has 0 fully saturated rings. The molecule has 0 saturated carbocycles. The van der Waals surface area contributed by atoms with Crippen molar-refractivity contribution in [1.82, 2.24) is 0 Å². The number of rotatable bonds is 3. The minimum atomic E-state index is -3.44. The largest absolute Gasteiger partial charge is 0.397 e. The Morgan fingerprint density at radius 1 is 1.10 bits per heavy atom. The number of anilines is 2. The number of hydrogen-bond acceptors (Lipinski definition) is 3. The lowest BCUT2D eigenvalue weighted by molar-refractivity contribution is 0.585. The van der Waals surface area contributed by atoms with E-state index in [2.05, 4.69) is 0 Å². The van der Waals surface area contributed by atoms with Gasteiger partial charge in [0, 0.05) is 18.7 Å². The van der Waals surface area contributed by atoms with Gasteiger partial charge in [-0.1, -0.05) is 6.07 Å². The summed E-state index contributed by atoms with van der Waals surface area (Å²) in [5.41, 5.74) is 6.94. The normalized spacial score (nSPS) is 11.4. The molecule has 2 aromatic carbocycles. The lowest BCUT2D eigenvalue weighted by atomic mass is 10.0. The third-order valence-electron chi connectivity index (χ3n) is 3.11. The highest BCUT2D eigenvalue weighted by atomic mass is 32.2. The number of nitrogen functional groups attached to an aromatic ring is 1. The molecule has 2 N–H and O–H groups in total. The van der Waals surface area contributed by atoms with Gasteiger partial charge in [0.1, 0.15) is 11.6 Å². The van der Waals surface area contributed by atoms with Crippen LogP contribution in [-0.2, 0) is 10.0 Å². The highest BCUT2D eigenvalue weighted by molar-refractivity contribution is 7.92. The topological polar surface area (TPSA) is 63.4 Å². The summed E-state index contributed by atoms with van der Waals surface area (Å²) in [5, 5.41) is 0. The first-order valence-electron chi connectivity index (χ1n) is 5.99. The molecular weight excluding hydrogens is 298 g/mol. The van der Waals surface area contributed by atoms with Crippen LogP contribution in [0.3, 0.4) is 0 Å². The monoisotopic (exact) mass is 312 g/mol. The second-order valence-electron chi connectivity index (χ2n) is 4.63. The molecule has 0 spiro atoms. The maximum atomic E-state index is 13.7. The number of nitrogens with two attached hydrogens (primary N) is 1. The summed E-state index contributed by atoms with van der Waals surface area (Å²) in [4.78, 5) is 0. The van der Waals surface area contributed by atoms with Gasteiger partial charge in [0.25, 0.3) is 0 Å². The van der Waals surface area contributed by atoms with E-state index in [1.54, 1.807) is 0 Å². The van der Waals surface area contributed by atoms with Gasteiger partial charge in [-0.3, -0.25) is 4.31 Å². The van der Waals surface area contributed by atoms with Gasteiger partial charge in [-0.15, -0.1) is 0 Å². The number of sulfonamides is 1. The first kappa shape index (κ1) is 15.2. The number of benzene rings is 2. The van der Waals surface area contributed by atoms with E-state index >= 15 is 0 Å². The zero-order valence-corrected chi connectivity index (χ0v) is 12.3. The van der Waals surface area contributed by atoms with Crippen molar-refractivity contribution in [2.45, 2.75) is 0 Å². The van der Waals surface area contributed by atoms with Gasteiger partial charge in [0.15, 0.2) is 0 Å². The van der Waals surface area contributed by atoms with Gasteiger partial charge in [-0.05, 0) is 29.8 Å². The Labute approximate surface area is 121 Å². The third kappa shape index (κ3) is 3.13. The summed E-state index contributed by atoms with van der Waals surface area (Å²) in [5.74, 6) is -1.38. The molecule has 0 aliphatic carbocycles. The Balaban J connectivity index is 2.49.